The van der Waals surface area contributed by atoms with Crippen molar-refractivity contribution in [3.63, 3.8) is 0 Å². The van der Waals surface area contributed by atoms with Gasteiger partial charge < -0.3 is 5.32 Å². The number of aryl methyl sites for hydroxylation is 1. The fraction of sp³-hybridized carbons (Fsp3) is 0.188. The molecule has 1 amide bonds. The number of nitrogens with one attached hydrogen (secondary N) is 1. The highest BCUT2D eigenvalue weighted by Crippen LogP contribution is 2.12. The second-order valence-electron chi connectivity index (χ2n) is 5.11. The zero-order valence-corrected chi connectivity index (χ0v) is 13.8. The molecular weight excluding hydrogens is 329 g/mol. The maximum absolute atomic E-state index is 13.6. The van der Waals surface area contributed by atoms with Crippen LogP contribution in [-0.2, 0) is 17.8 Å². The van der Waals surface area contributed by atoms with E-state index in [4.69, 9.17) is 12.2 Å². The highest BCUT2D eigenvalue weighted by Gasteiger charge is 2.14. The van der Waals surface area contributed by atoms with Crippen LogP contribution in [0, 0.1) is 10.6 Å². The number of carbonyl (C=O) groups excluding carboxylic acids is 1. The van der Waals surface area contributed by atoms with E-state index in [1.165, 1.54) is 16.8 Å². The Morgan fingerprint density at radius 2 is 1.96 bits per heavy atom. The number of anilines is 1. The van der Waals surface area contributed by atoms with Gasteiger partial charge in [0.25, 0.3) is 0 Å². The van der Waals surface area contributed by atoms with Gasteiger partial charge >= 0.3 is 0 Å². The molecule has 0 saturated carbocycles. The van der Waals surface area contributed by atoms with Gasteiger partial charge in [-0.3, -0.25) is 9.47 Å². The van der Waals surface area contributed by atoms with Crippen molar-refractivity contribution in [1.29, 1.82) is 0 Å². The molecule has 0 spiro atoms. The number of benzene rings is 1. The molecule has 8 heteroatoms. The van der Waals surface area contributed by atoms with E-state index >= 15 is 0 Å². The van der Waals surface area contributed by atoms with Crippen LogP contribution in [0.25, 0.3) is 0 Å². The Balaban J connectivity index is 1.84. The summed E-state index contributed by atoms with van der Waals surface area (Å²) in [5.41, 5.74) is 0.134. The molecular formula is C16H16FN5OS. The predicted octanol–water partition coefficient (Wildman–Crippen LogP) is 2.87. The van der Waals surface area contributed by atoms with Crippen molar-refractivity contribution >= 4 is 23.8 Å². The van der Waals surface area contributed by atoms with Crippen molar-refractivity contribution in [2.24, 2.45) is 0 Å². The molecule has 3 aromatic rings. The Kier molecular flexibility index (Phi) is 4.57. The van der Waals surface area contributed by atoms with E-state index in [0.717, 1.165) is 5.82 Å². The third-order valence-electron chi connectivity index (χ3n) is 3.46. The average molecular weight is 345 g/mol. The predicted molar refractivity (Wildman–Crippen MR) is 90.7 cm³/mol. The minimum absolute atomic E-state index is 0.0889. The van der Waals surface area contributed by atoms with Crippen LogP contribution < -0.4 is 5.32 Å². The second kappa shape index (κ2) is 6.79. The molecule has 0 aliphatic heterocycles. The van der Waals surface area contributed by atoms with Gasteiger partial charge in [0.2, 0.25) is 10.7 Å². The lowest BCUT2D eigenvalue weighted by atomic mass is 10.3. The number of rotatable bonds is 5. The van der Waals surface area contributed by atoms with Gasteiger partial charge in [0.1, 0.15) is 12.4 Å². The van der Waals surface area contributed by atoms with E-state index < -0.39 is 11.7 Å². The van der Waals surface area contributed by atoms with Crippen LogP contribution in [0.5, 0.6) is 0 Å². The first-order valence-electron chi connectivity index (χ1n) is 7.47. The fourth-order valence-electron chi connectivity index (χ4n) is 2.35. The maximum atomic E-state index is 13.6. The molecule has 0 fully saturated rings. The van der Waals surface area contributed by atoms with E-state index in [9.17, 15) is 9.18 Å². The number of nitrogens with zero attached hydrogens (tertiary/aromatic N) is 4. The molecule has 0 radical (unpaired) electrons. The standard InChI is InChI=1S/C16H16FN5OS/c1-2-14-19-21(16(24)22(14)20-9-5-6-10-20)11-15(23)18-13-8-4-3-7-12(13)17/h3-10H,2,11H2,1H3,(H,18,23). The van der Waals surface area contributed by atoms with E-state index in [2.05, 4.69) is 10.4 Å². The highest BCUT2D eigenvalue weighted by atomic mass is 32.1. The van der Waals surface area contributed by atoms with Crippen LogP contribution in [0.3, 0.4) is 0 Å². The molecule has 0 unspecified atom stereocenters. The molecule has 3 rings (SSSR count). The van der Waals surface area contributed by atoms with Gasteiger partial charge in [-0.05, 0) is 36.5 Å². The number of halogens is 1. The van der Waals surface area contributed by atoms with Gasteiger partial charge in [-0.2, -0.15) is 5.10 Å². The topological polar surface area (TPSA) is 56.8 Å². The molecule has 6 nitrogen and oxygen atoms in total. The number of amides is 1. The third kappa shape index (κ3) is 3.13. The van der Waals surface area contributed by atoms with Crippen LogP contribution in [0.2, 0.25) is 0 Å². The Morgan fingerprint density at radius 3 is 2.62 bits per heavy atom. The summed E-state index contributed by atoms with van der Waals surface area (Å²) in [7, 11) is 0. The van der Waals surface area contributed by atoms with E-state index in [0.29, 0.717) is 11.2 Å². The summed E-state index contributed by atoms with van der Waals surface area (Å²) >= 11 is 5.42. The molecule has 24 heavy (non-hydrogen) atoms. The SMILES string of the molecule is CCc1nn(CC(=O)Nc2ccccc2F)c(=S)n1-n1cccc1. The van der Waals surface area contributed by atoms with Gasteiger partial charge in [-0.1, -0.05) is 19.1 Å². The van der Waals surface area contributed by atoms with Crippen LogP contribution in [0.4, 0.5) is 10.1 Å². The van der Waals surface area contributed by atoms with Gasteiger partial charge in [-0.15, -0.1) is 0 Å². The normalized spacial score (nSPS) is 10.8. The molecule has 0 saturated heterocycles. The van der Waals surface area contributed by atoms with Crippen LogP contribution in [0.15, 0.2) is 48.8 Å². The molecule has 0 atom stereocenters. The largest absolute Gasteiger partial charge is 0.322 e. The molecule has 2 aromatic heterocycles. The molecule has 0 aliphatic rings. The summed E-state index contributed by atoms with van der Waals surface area (Å²) in [4.78, 5) is 12.2. The van der Waals surface area contributed by atoms with Crippen molar-refractivity contribution in [2.75, 3.05) is 5.32 Å². The van der Waals surface area contributed by atoms with Gasteiger partial charge in [0.05, 0.1) is 5.69 Å². The van der Waals surface area contributed by atoms with E-state index in [1.807, 2.05) is 31.5 Å². The minimum atomic E-state index is -0.485. The van der Waals surface area contributed by atoms with Crippen molar-refractivity contribution in [3.8, 4) is 0 Å². The average Bonchev–Trinajstić information content (AvgIpc) is 3.18. The van der Waals surface area contributed by atoms with E-state index in [-0.39, 0.29) is 12.2 Å². The molecule has 0 bridgehead atoms. The molecule has 1 N–H and O–H groups in total. The monoisotopic (exact) mass is 345 g/mol. The highest BCUT2D eigenvalue weighted by molar-refractivity contribution is 7.71. The Hall–Kier alpha value is -2.74. The third-order valence-corrected chi connectivity index (χ3v) is 3.84. The molecule has 1 aromatic carbocycles. The Morgan fingerprint density at radius 1 is 1.25 bits per heavy atom. The first-order valence-corrected chi connectivity index (χ1v) is 7.87. The first kappa shape index (κ1) is 16.1. The van der Waals surface area contributed by atoms with E-state index in [1.54, 1.807) is 21.5 Å². The van der Waals surface area contributed by atoms with Gasteiger partial charge in [0, 0.05) is 18.8 Å². The Labute approximate surface area is 143 Å². The summed E-state index contributed by atoms with van der Waals surface area (Å²) in [6, 6.07) is 9.76. The summed E-state index contributed by atoms with van der Waals surface area (Å²) in [6.45, 7) is 1.87. The lowest BCUT2D eigenvalue weighted by Gasteiger charge is -2.06. The molecule has 0 aliphatic carbocycles. The Bertz CT molecular complexity index is 913. The van der Waals surface area contributed by atoms with Gasteiger partial charge in [0.15, 0.2) is 5.82 Å². The lowest BCUT2D eigenvalue weighted by Crippen LogP contribution is -2.20. The summed E-state index contributed by atoms with van der Waals surface area (Å²) in [6.07, 6.45) is 4.35. The van der Waals surface area contributed by atoms with Crippen molar-refractivity contribution < 1.29 is 9.18 Å². The quantitative estimate of drug-likeness (QED) is 0.724. The number of para-hydroxylation sites is 1. The number of hydrogen-bond donors (Lipinski definition) is 1. The lowest BCUT2D eigenvalue weighted by molar-refractivity contribution is -0.117. The van der Waals surface area contributed by atoms with Crippen LogP contribution in [0.1, 0.15) is 12.7 Å². The van der Waals surface area contributed by atoms with Crippen LogP contribution in [-0.4, -0.2) is 25.0 Å². The van der Waals surface area contributed by atoms with Crippen molar-refractivity contribution in [2.45, 2.75) is 19.9 Å². The fourth-order valence-corrected chi connectivity index (χ4v) is 2.65. The molecule has 124 valence electrons. The second-order valence-corrected chi connectivity index (χ2v) is 5.48. The number of aromatic nitrogens is 4. The maximum Gasteiger partial charge on any atom is 0.246 e. The molecule has 2 heterocycles. The summed E-state index contributed by atoms with van der Waals surface area (Å²) in [5, 5.41) is 6.92. The minimum Gasteiger partial charge on any atom is -0.322 e. The van der Waals surface area contributed by atoms with Crippen molar-refractivity contribution in [1.82, 2.24) is 19.1 Å². The zero-order valence-electron chi connectivity index (χ0n) is 13.0. The zero-order chi connectivity index (χ0) is 17.1. The smallest absolute Gasteiger partial charge is 0.246 e. The number of hydrogen-bond acceptors (Lipinski definition) is 3. The summed E-state index contributed by atoms with van der Waals surface area (Å²) in [5.74, 6) is -0.146. The van der Waals surface area contributed by atoms with Crippen LogP contribution >= 0.6 is 12.2 Å². The van der Waals surface area contributed by atoms with Crippen molar-refractivity contribution in [3.05, 3.63) is 65.2 Å². The van der Waals surface area contributed by atoms with Gasteiger partial charge in [-0.25, -0.2) is 13.7 Å². The summed E-state index contributed by atoms with van der Waals surface area (Å²) < 4.78 is 19.0. The number of carbonyl (C=O) groups is 1. The first-order chi connectivity index (χ1) is 11.6.